The van der Waals surface area contributed by atoms with Gasteiger partial charge in [-0.05, 0) is 17.7 Å². The zero-order chi connectivity index (χ0) is 15.2. The smallest absolute Gasteiger partial charge is 0.303 e. The number of halogens is 1. The fourth-order valence-corrected chi connectivity index (χ4v) is 2.07. The molecule has 1 amide bonds. The number of carbonyl (C=O) groups is 2. The SMILES string of the molecule is O=C(O)C[C@@H](CC(=O)Nc1ccon1)c1ccc(Cl)cc1. The number of benzene rings is 1. The summed E-state index contributed by atoms with van der Waals surface area (Å²) >= 11 is 5.81. The highest BCUT2D eigenvalue weighted by Crippen LogP contribution is 2.25. The summed E-state index contributed by atoms with van der Waals surface area (Å²) in [5.41, 5.74) is 0.747. The number of aliphatic carboxylic acids is 1. The predicted octanol–water partition coefficient (Wildman–Crippen LogP) is 2.92. The van der Waals surface area contributed by atoms with Crippen molar-refractivity contribution in [3.63, 3.8) is 0 Å². The maximum atomic E-state index is 11.9. The third kappa shape index (κ3) is 4.61. The van der Waals surface area contributed by atoms with Gasteiger partial charge in [0.1, 0.15) is 6.26 Å². The first-order valence-corrected chi connectivity index (χ1v) is 6.60. The lowest BCUT2D eigenvalue weighted by molar-refractivity contribution is -0.137. The van der Waals surface area contributed by atoms with E-state index in [1.54, 1.807) is 24.3 Å². The van der Waals surface area contributed by atoms with E-state index in [0.29, 0.717) is 10.8 Å². The molecule has 1 aromatic heterocycles. The van der Waals surface area contributed by atoms with Crippen molar-refractivity contribution in [1.29, 1.82) is 0 Å². The molecule has 1 aromatic carbocycles. The first kappa shape index (κ1) is 15.1. The monoisotopic (exact) mass is 308 g/mol. The molecule has 6 nitrogen and oxygen atoms in total. The molecular formula is C14H13ClN2O4. The normalized spacial score (nSPS) is 11.9. The molecule has 0 fully saturated rings. The maximum Gasteiger partial charge on any atom is 0.303 e. The minimum absolute atomic E-state index is 0.0286. The van der Waals surface area contributed by atoms with Crippen molar-refractivity contribution in [1.82, 2.24) is 5.16 Å². The Kier molecular flexibility index (Phi) is 4.94. The Morgan fingerprint density at radius 1 is 1.24 bits per heavy atom. The van der Waals surface area contributed by atoms with E-state index in [0.717, 1.165) is 5.56 Å². The van der Waals surface area contributed by atoms with Crippen LogP contribution in [0, 0.1) is 0 Å². The van der Waals surface area contributed by atoms with Gasteiger partial charge in [0.2, 0.25) is 5.91 Å². The van der Waals surface area contributed by atoms with E-state index in [-0.39, 0.29) is 18.7 Å². The molecule has 0 radical (unpaired) electrons. The standard InChI is InChI=1S/C14H13ClN2O4/c15-11-3-1-9(2-4-11)10(8-14(19)20)7-13(18)16-12-5-6-21-17-12/h1-6,10H,7-8H2,(H,19,20)(H,16,17,18)/t10-/m1/s1. The van der Waals surface area contributed by atoms with Gasteiger partial charge < -0.3 is 14.9 Å². The van der Waals surface area contributed by atoms with E-state index in [1.165, 1.54) is 12.3 Å². The van der Waals surface area contributed by atoms with E-state index >= 15 is 0 Å². The minimum Gasteiger partial charge on any atom is -0.481 e. The summed E-state index contributed by atoms with van der Waals surface area (Å²) in [5, 5.41) is 15.7. The Balaban J connectivity index is 2.07. The van der Waals surface area contributed by atoms with Gasteiger partial charge in [0.15, 0.2) is 5.82 Å². The lowest BCUT2D eigenvalue weighted by Crippen LogP contribution is -2.17. The lowest BCUT2D eigenvalue weighted by Gasteiger charge is -2.14. The van der Waals surface area contributed by atoms with Crippen molar-refractivity contribution in [2.45, 2.75) is 18.8 Å². The van der Waals surface area contributed by atoms with E-state index in [1.807, 2.05) is 0 Å². The third-order valence-electron chi connectivity index (χ3n) is 2.90. The average Bonchev–Trinajstić information content (AvgIpc) is 2.91. The van der Waals surface area contributed by atoms with Crippen LogP contribution in [0.15, 0.2) is 41.1 Å². The molecule has 1 atom stereocenters. The Morgan fingerprint density at radius 3 is 2.52 bits per heavy atom. The molecule has 110 valence electrons. The Morgan fingerprint density at radius 2 is 1.95 bits per heavy atom. The van der Waals surface area contributed by atoms with E-state index in [4.69, 9.17) is 16.7 Å². The minimum atomic E-state index is -0.968. The van der Waals surface area contributed by atoms with Crippen molar-refractivity contribution >= 4 is 29.3 Å². The average molecular weight is 309 g/mol. The number of hydrogen-bond acceptors (Lipinski definition) is 4. The summed E-state index contributed by atoms with van der Waals surface area (Å²) in [7, 11) is 0. The second-order valence-corrected chi connectivity index (χ2v) is 4.92. The molecule has 0 bridgehead atoms. The summed E-state index contributed by atoms with van der Waals surface area (Å²) in [4.78, 5) is 22.9. The molecule has 7 heteroatoms. The molecule has 0 aliphatic carbocycles. The molecule has 2 aromatic rings. The van der Waals surface area contributed by atoms with Gasteiger partial charge in [-0.1, -0.05) is 28.9 Å². The number of carboxylic acid groups (broad SMARTS) is 1. The second-order valence-electron chi connectivity index (χ2n) is 4.48. The molecule has 0 saturated carbocycles. The lowest BCUT2D eigenvalue weighted by atomic mass is 9.92. The summed E-state index contributed by atoms with van der Waals surface area (Å²) < 4.78 is 4.61. The fraction of sp³-hybridized carbons (Fsp3) is 0.214. The summed E-state index contributed by atoms with van der Waals surface area (Å²) in [6.45, 7) is 0. The van der Waals surface area contributed by atoms with Gasteiger partial charge in [0.25, 0.3) is 0 Å². The first-order valence-electron chi connectivity index (χ1n) is 6.22. The number of hydrogen-bond donors (Lipinski definition) is 2. The fourth-order valence-electron chi connectivity index (χ4n) is 1.95. The van der Waals surface area contributed by atoms with Crippen LogP contribution in [-0.4, -0.2) is 22.1 Å². The number of carbonyl (C=O) groups excluding carboxylic acids is 1. The van der Waals surface area contributed by atoms with Gasteiger partial charge in [-0.15, -0.1) is 0 Å². The topological polar surface area (TPSA) is 92.4 Å². The highest BCUT2D eigenvalue weighted by molar-refractivity contribution is 6.30. The molecule has 21 heavy (non-hydrogen) atoms. The maximum absolute atomic E-state index is 11.9. The number of nitrogens with zero attached hydrogens (tertiary/aromatic N) is 1. The molecule has 0 saturated heterocycles. The van der Waals surface area contributed by atoms with Gasteiger partial charge in [0, 0.05) is 23.4 Å². The number of amides is 1. The van der Waals surface area contributed by atoms with Crippen LogP contribution in [-0.2, 0) is 9.59 Å². The van der Waals surface area contributed by atoms with Crippen LogP contribution in [0.5, 0.6) is 0 Å². The zero-order valence-electron chi connectivity index (χ0n) is 11.0. The predicted molar refractivity (Wildman–Crippen MR) is 76.2 cm³/mol. The van der Waals surface area contributed by atoms with Crippen LogP contribution in [0.3, 0.4) is 0 Å². The van der Waals surface area contributed by atoms with Crippen LogP contribution in [0.2, 0.25) is 5.02 Å². The third-order valence-corrected chi connectivity index (χ3v) is 3.15. The molecule has 0 aliphatic rings. The van der Waals surface area contributed by atoms with Gasteiger partial charge >= 0.3 is 5.97 Å². The van der Waals surface area contributed by atoms with Gasteiger partial charge in [-0.2, -0.15) is 0 Å². The Hall–Kier alpha value is -2.34. The van der Waals surface area contributed by atoms with Crippen molar-refractivity contribution in [2.24, 2.45) is 0 Å². The molecule has 0 unspecified atom stereocenters. The molecule has 0 spiro atoms. The highest BCUT2D eigenvalue weighted by Gasteiger charge is 2.20. The van der Waals surface area contributed by atoms with E-state index in [9.17, 15) is 9.59 Å². The van der Waals surface area contributed by atoms with Crippen molar-refractivity contribution < 1.29 is 19.2 Å². The van der Waals surface area contributed by atoms with Crippen molar-refractivity contribution in [3.8, 4) is 0 Å². The molecule has 0 aliphatic heterocycles. The van der Waals surface area contributed by atoms with Gasteiger partial charge in [-0.3, -0.25) is 9.59 Å². The van der Waals surface area contributed by atoms with E-state index in [2.05, 4.69) is 15.0 Å². The van der Waals surface area contributed by atoms with Crippen LogP contribution < -0.4 is 5.32 Å². The van der Waals surface area contributed by atoms with Gasteiger partial charge in [-0.25, -0.2) is 0 Å². The van der Waals surface area contributed by atoms with Gasteiger partial charge in [0.05, 0.1) is 6.42 Å². The quantitative estimate of drug-likeness (QED) is 0.856. The second kappa shape index (κ2) is 6.90. The number of anilines is 1. The summed E-state index contributed by atoms with van der Waals surface area (Å²) in [6.07, 6.45) is 1.22. The molecule has 2 N–H and O–H groups in total. The first-order chi connectivity index (χ1) is 10.0. The van der Waals surface area contributed by atoms with Crippen LogP contribution in [0.25, 0.3) is 0 Å². The Labute approximate surface area is 125 Å². The van der Waals surface area contributed by atoms with Crippen LogP contribution >= 0.6 is 11.6 Å². The van der Waals surface area contributed by atoms with Crippen molar-refractivity contribution in [2.75, 3.05) is 5.32 Å². The zero-order valence-corrected chi connectivity index (χ0v) is 11.7. The number of carboxylic acids is 1. The number of nitrogens with one attached hydrogen (secondary N) is 1. The highest BCUT2D eigenvalue weighted by atomic mass is 35.5. The summed E-state index contributed by atoms with van der Waals surface area (Å²) in [6, 6.07) is 8.29. The Bertz CT molecular complexity index is 610. The van der Waals surface area contributed by atoms with Crippen molar-refractivity contribution in [3.05, 3.63) is 47.2 Å². The summed E-state index contributed by atoms with van der Waals surface area (Å²) in [5.74, 6) is -1.44. The molecular weight excluding hydrogens is 296 g/mol. The largest absolute Gasteiger partial charge is 0.481 e. The number of rotatable bonds is 6. The van der Waals surface area contributed by atoms with E-state index < -0.39 is 11.9 Å². The number of aromatic nitrogens is 1. The molecule has 2 rings (SSSR count). The van der Waals surface area contributed by atoms with Crippen LogP contribution in [0.4, 0.5) is 5.82 Å². The van der Waals surface area contributed by atoms with Crippen LogP contribution in [0.1, 0.15) is 24.3 Å². The molecule has 1 heterocycles.